The van der Waals surface area contributed by atoms with Crippen LogP contribution in [0.2, 0.25) is 0 Å². The Hall–Kier alpha value is -2.72. The molecule has 0 amide bonds. The normalized spacial score (nSPS) is 18.7. The van der Waals surface area contributed by atoms with Gasteiger partial charge in [0.05, 0.1) is 12.2 Å². The van der Waals surface area contributed by atoms with Crippen LogP contribution >= 0.6 is 0 Å². The van der Waals surface area contributed by atoms with Gasteiger partial charge in [-0.05, 0) is 80.6 Å². The SMILES string of the molecule is CN(C)c1ccc(/C=C/c2cc3cc(OCC4CCOC(C)(C)C4)ccc3o2)cc1. The van der Waals surface area contributed by atoms with Gasteiger partial charge in [0.25, 0.3) is 0 Å². The summed E-state index contributed by atoms with van der Waals surface area (Å²) in [6, 6.07) is 16.5. The van der Waals surface area contributed by atoms with E-state index in [0.29, 0.717) is 5.92 Å². The van der Waals surface area contributed by atoms with Crippen molar-refractivity contribution in [1.29, 1.82) is 0 Å². The lowest BCUT2D eigenvalue weighted by atomic mass is 9.89. The highest BCUT2D eigenvalue weighted by atomic mass is 16.5. The van der Waals surface area contributed by atoms with Crippen molar-refractivity contribution >= 4 is 28.8 Å². The van der Waals surface area contributed by atoms with E-state index in [1.54, 1.807) is 0 Å². The fourth-order valence-corrected chi connectivity index (χ4v) is 3.99. The quantitative estimate of drug-likeness (QED) is 0.485. The van der Waals surface area contributed by atoms with Crippen molar-refractivity contribution < 1.29 is 13.9 Å². The number of ether oxygens (including phenoxy) is 2. The van der Waals surface area contributed by atoms with Gasteiger partial charge in [0.15, 0.2) is 0 Å². The first kappa shape index (κ1) is 20.5. The van der Waals surface area contributed by atoms with Crippen LogP contribution < -0.4 is 9.64 Å². The maximum absolute atomic E-state index is 6.10. The van der Waals surface area contributed by atoms with Gasteiger partial charge in [-0.3, -0.25) is 0 Å². The van der Waals surface area contributed by atoms with E-state index in [2.05, 4.69) is 61.2 Å². The fourth-order valence-electron chi connectivity index (χ4n) is 3.99. The van der Waals surface area contributed by atoms with Crippen LogP contribution in [0.1, 0.15) is 38.0 Å². The Balaban J connectivity index is 1.40. The second-order valence-electron chi connectivity index (χ2n) is 8.95. The van der Waals surface area contributed by atoms with Gasteiger partial charge in [0, 0.05) is 31.8 Å². The predicted molar refractivity (Wildman–Crippen MR) is 124 cm³/mol. The zero-order valence-electron chi connectivity index (χ0n) is 18.4. The van der Waals surface area contributed by atoms with Gasteiger partial charge in [0.1, 0.15) is 17.1 Å². The maximum atomic E-state index is 6.10. The van der Waals surface area contributed by atoms with Crippen LogP contribution in [-0.2, 0) is 4.74 Å². The first-order valence-electron chi connectivity index (χ1n) is 10.6. The summed E-state index contributed by atoms with van der Waals surface area (Å²) in [5, 5.41) is 1.06. The Morgan fingerprint density at radius 1 is 1.07 bits per heavy atom. The van der Waals surface area contributed by atoms with Gasteiger partial charge in [-0.2, -0.15) is 0 Å². The van der Waals surface area contributed by atoms with Crippen molar-refractivity contribution in [2.24, 2.45) is 5.92 Å². The van der Waals surface area contributed by atoms with E-state index < -0.39 is 0 Å². The number of benzene rings is 2. The summed E-state index contributed by atoms with van der Waals surface area (Å²) < 4.78 is 17.9. The summed E-state index contributed by atoms with van der Waals surface area (Å²) in [5.41, 5.74) is 3.16. The third-order valence-corrected chi connectivity index (χ3v) is 5.64. The molecule has 4 heteroatoms. The maximum Gasteiger partial charge on any atom is 0.135 e. The molecule has 1 aliphatic rings. The van der Waals surface area contributed by atoms with Crippen molar-refractivity contribution in [1.82, 2.24) is 0 Å². The number of nitrogens with zero attached hydrogens (tertiary/aromatic N) is 1. The molecule has 2 heterocycles. The average Bonchev–Trinajstić information content (AvgIpc) is 3.12. The molecular formula is C26H31NO3. The molecule has 0 aliphatic carbocycles. The average molecular weight is 406 g/mol. The van der Waals surface area contributed by atoms with Crippen molar-refractivity contribution in [2.45, 2.75) is 32.3 Å². The molecule has 0 radical (unpaired) electrons. The second-order valence-corrected chi connectivity index (χ2v) is 8.95. The molecule has 2 aromatic carbocycles. The fraction of sp³-hybridized carbons (Fsp3) is 0.385. The largest absolute Gasteiger partial charge is 0.493 e. The van der Waals surface area contributed by atoms with Gasteiger partial charge >= 0.3 is 0 Å². The Bertz CT molecular complexity index is 1010. The first-order chi connectivity index (χ1) is 14.4. The zero-order valence-corrected chi connectivity index (χ0v) is 18.4. The molecular weight excluding hydrogens is 374 g/mol. The third kappa shape index (κ3) is 5.06. The van der Waals surface area contributed by atoms with Crippen molar-refractivity contribution in [2.75, 3.05) is 32.2 Å². The third-order valence-electron chi connectivity index (χ3n) is 5.64. The number of rotatable bonds is 6. The molecule has 1 aliphatic heterocycles. The summed E-state index contributed by atoms with van der Waals surface area (Å²) in [4.78, 5) is 2.09. The highest BCUT2D eigenvalue weighted by Crippen LogP contribution is 2.30. The molecule has 4 nitrogen and oxygen atoms in total. The van der Waals surface area contributed by atoms with Crippen molar-refractivity contribution in [3.8, 4) is 5.75 Å². The molecule has 30 heavy (non-hydrogen) atoms. The van der Waals surface area contributed by atoms with E-state index in [1.807, 2.05) is 32.3 Å². The van der Waals surface area contributed by atoms with Crippen LogP contribution in [0.3, 0.4) is 0 Å². The van der Waals surface area contributed by atoms with E-state index in [1.165, 1.54) is 5.69 Å². The Morgan fingerprint density at radius 2 is 1.87 bits per heavy atom. The van der Waals surface area contributed by atoms with Gasteiger partial charge in [0.2, 0.25) is 0 Å². The summed E-state index contributed by atoms with van der Waals surface area (Å²) in [6.07, 6.45) is 6.17. The van der Waals surface area contributed by atoms with Crippen molar-refractivity contribution in [3.05, 3.63) is 59.9 Å². The molecule has 0 bridgehead atoms. The van der Waals surface area contributed by atoms with Gasteiger partial charge in [-0.15, -0.1) is 0 Å². The van der Waals surface area contributed by atoms with Gasteiger partial charge in [-0.25, -0.2) is 0 Å². The molecule has 1 atom stereocenters. The standard InChI is InChI=1S/C26H31NO3/c1-26(2)17-20(13-14-29-26)18-28-23-11-12-25-21(15-23)16-24(30-25)10-7-19-5-8-22(9-6-19)27(3)4/h5-12,15-16,20H,13-14,17-18H2,1-4H3/b10-7+. The molecule has 158 valence electrons. The Morgan fingerprint density at radius 3 is 2.60 bits per heavy atom. The van der Waals surface area contributed by atoms with Crippen LogP contribution in [0.4, 0.5) is 5.69 Å². The van der Waals surface area contributed by atoms with E-state index in [-0.39, 0.29) is 5.60 Å². The number of furan rings is 1. The topological polar surface area (TPSA) is 34.8 Å². The number of hydrogen-bond acceptors (Lipinski definition) is 4. The van der Waals surface area contributed by atoms with Crippen LogP contribution in [0.15, 0.2) is 52.9 Å². The van der Waals surface area contributed by atoms with Crippen molar-refractivity contribution in [3.63, 3.8) is 0 Å². The summed E-state index contributed by atoms with van der Waals surface area (Å²) in [7, 11) is 4.09. The van der Waals surface area contributed by atoms with E-state index >= 15 is 0 Å². The lowest BCUT2D eigenvalue weighted by Gasteiger charge is -2.35. The van der Waals surface area contributed by atoms with E-state index in [9.17, 15) is 0 Å². The summed E-state index contributed by atoms with van der Waals surface area (Å²) in [5.74, 6) is 2.26. The monoisotopic (exact) mass is 405 g/mol. The minimum Gasteiger partial charge on any atom is -0.493 e. The lowest BCUT2D eigenvalue weighted by molar-refractivity contribution is -0.0785. The number of fused-ring (bicyclic) bond motifs is 1. The van der Waals surface area contributed by atoms with Crippen LogP contribution in [0, 0.1) is 5.92 Å². The first-order valence-corrected chi connectivity index (χ1v) is 10.6. The Kier molecular flexibility index (Phi) is 5.87. The summed E-state index contributed by atoms with van der Waals surface area (Å²) >= 11 is 0. The molecule has 1 fully saturated rings. The van der Waals surface area contributed by atoms with Crippen LogP contribution in [-0.4, -0.2) is 32.9 Å². The van der Waals surface area contributed by atoms with E-state index in [0.717, 1.165) is 54.1 Å². The molecule has 0 saturated carbocycles. The van der Waals surface area contributed by atoms with Crippen LogP contribution in [0.5, 0.6) is 5.75 Å². The smallest absolute Gasteiger partial charge is 0.135 e. The zero-order chi connectivity index (χ0) is 21.1. The molecule has 1 saturated heterocycles. The molecule has 1 aromatic heterocycles. The lowest BCUT2D eigenvalue weighted by Crippen LogP contribution is -2.36. The second kappa shape index (κ2) is 8.57. The highest BCUT2D eigenvalue weighted by molar-refractivity contribution is 5.83. The number of anilines is 1. The number of hydrogen-bond donors (Lipinski definition) is 0. The summed E-state index contributed by atoms with van der Waals surface area (Å²) in [6.45, 7) is 5.85. The molecule has 0 spiro atoms. The predicted octanol–water partition coefficient (Wildman–Crippen LogP) is 6.25. The van der Waals surface area contributed by atoms with Crippen LogP contribution in [0.25, 0.3) is 23.1 Å². The minimum atomic E-state index is -0.0468. The minimum absolute atomic E-state index is 0.0468. The molecule has 4 rings (SSSR count). The molecule has 0 N–H and O–H groups in total. The van der Waals surface area contributed by atoms with E-state index in [4.69, 9.17) is 13.9 Å². The van der Waals surface area contributed by atoms with Gasteiger partial charge in [-0.1, -0.05) is 18.2 Å². The molecule has 3 aromatic rings. The van der Waals surface area contributed by atoms with Gasteiger partial charge < -0.3 is 18.8 Å². The molecule has 1 unspecified atom stereocenters. The highest BCUT2D eigenvalue weighted by Gasteiger charge is 2.29. The Labute approximate surface area is 179 Å².